The van der Waals surface area contributed by atoms with Gasteiger partial charge in [0, 0.05) is 17.1 Å². The largest absolute Gasteiger partial charge is 0.497 e. The summed E-state index contributed by atoms with van der Waals surface area (Å²) in [7, 11) is 1.63. The normalized spacial score (nSPS) is 11.1. The number of hydrogen-bond donors (Lipinski definition) is 1. The van der Waals surface area contributed by atoms with Gasteiger partial charge < -0.3 is 10.1 Å². The number of halogens is 1. The summed E-state index contributed by atoms with van der Waals surface area (Å²) in [6.07, 6.45) is 1.87. The zero-order valence-electron chi connectivity index (χ0n) is 15.0. The van der Waals surface area contributed by atoms with Crippen molar-refractivity contribution in [3.8, 4) is 5.75 Å². The van der Waals surface area contributed by atoms with E-state index in [0.29, 0.717) is 17.1 Å². The van der Waals surface area contributed by atoms with Crippen molar-refractivity contribution in [3.05, 3.63) is 101 Å². The summed E-state index contributed by atoms with van der Waals surface area (Å²) >= 11 is 6.18. The lowest BCUT2D eigenvalue weighted by atomic mass is 10.0. The van der Waals surface area contributed by atoms with Crippen LogP contribution < -0.4 is 10.1 Å². The van der Waals surface area contributed by atoms with Gasteiger partial charge in [0.1, 0.15) is 5.75 Å². The van der Waals surface area contributed by atoms with Crippen LogP contribution in [0.5, 0.6) is 5.75 Å². The molecule has 0 atom stereocenters. The molecule has 1 N–H and O–H groups in total. The molecule has 0 heterocycles. The molecule has 1 amide bonds. The van der Waals surface area contributed by atoms with Gasteiger partial charge in [-0.05, 0) is 41.0 Å². The monoisotopic (exact) mass is 377 g/mol. The Hall–Kier alpha value is -3.04. The Morgan fingerprint density at radius 1 is 0.963 bits per heavy atom. The predicted octanol–water partition coefficient (Wildman–Crippen LogP) is 5.21. The average Bonchev–Trinajstić information content (AvgIpc) is 2.72. The van der Waals surface area contributed by atoms with Crippen LogP contribution in [0.25, 0.3) is 11.6 Å². The first-order valence-electron chi connectivity index (χ1n) is 8.60. The average molecular weight is 378 g/mol. The molecule has 3 nitrogen and oxygen atoms in total. The molecule has 0 saturated heterocycles. The van der Waals surface area contributed by atoms with Crippen molar-refractivity contribution >= 4 is 29.2 Å². The highest BCUT2D eigenvalue weighted by Gasteiger charge is 2.12. The van der Waals surface area contributed by atoms with Crippen molar-refractivity contribution in [2.24, 2.45) is 0 Å². The van der Waals surface area contributed by atoms with Crippen LogP contribution in [0.4, 0.5) is 0 Å². The molecule has 0 unspecified atom stereocenters. The predicted molar refractivity (Wildman–Crippen MR) is 111 cm³/mol. The third-order valence-corrected chi connectivity index (χ3v) is 4.52. The topological polar surface area (TPSA) is 38.3 Å². The Kier molecular flexibility index (Phi) is 6.29. The molecule has 0 radical (unpaired) electrons. The number of amides is 1. The Morgan fingerprint density at radius 2 is 1.63 bits per heavy atom. The van der Waals surface area contributed by atoms with Crippen LogP contribution in [-0.4, -0.2) is 13.0 Å². The summed E-state index contributed by atoms with van der Waals surface area (Å²) in [5.41, 5.74) is 3.24. The van der Waals surface area contributed by atoms with Crippen LogP contribution in [0.3, 0.4) is 0 Å². The summed E-state index contributed by atoms with van der Waals surface area (Å²) in [5, 5.41) is 3.60. The van der Waals surface area contributed by atoms with Crippen LogP contribution in [-0.2, 0) is 11.3 Å². The zero-order chi connectivity index (χ0) is 19.1. The standard InChI is InChI=1S/C23H20ClNO2/c1-27-20-13-11-17(12-14-20)15-21(18-7-3-2-4-8-18)23(26)25-16-19-9-5-6-10-22(19)24/h2-15H,16H2,1H3,(H,25,26)/b21-15+. The molecule has 0 saturated carbocycles. The maximum atomic E-state index is 12.9. The van der Waals surface area contributed by atoms with Gasteiger partial charge in [-0.15, -0.1) is 0 Å². The number of rotatable bonds is 6. The molecular formula is C23H20ClNO2. The number of nitrogens with one attached hydrogen (secondary N) is 1. The van der Waals surface area contributed by atoms with Crippen molar-refractivity contribution in [3.63, 3.8) is 0 Å². The molecular weight excluding hydrogens is 358 g/mol. The molecule has 0 bridgehead atoms. The molecule has 3 aromatic rings. The molecule has 0 aliphatic carbocycles. The first-order chi connectivity index (χ1) is 13.2. The molecule has 4 heteroatoms. The van der Waals surface area contributed by atoms with E-state index in [1.54, 1.807) is 7.11 Å². The number of methoxy groups -OCH3 is 1. The van der Waals surface area contributed by atoms with Gasteiger partial charge in [0.2, 0.25) is 0 Å². The van der Waals surface area contributed by atoms with Crippen LogP contribution in [0.15, 0.2) is 78.9 Å². The Labute approximate surface area is 164 Å². The number of ether oxygens (including phenoxy) is 1. The van der Waals surface area contributed by atoms with Crippen molar-refractivity contribution in [1.82, 2.24) is 5.32 Å². The smallest absolute Gasteiger partial charge is 0.252 e. The SMILES string of the molecule is COc1ccc(/C=C(/C(=O)NCc2ccccc2Cl)c2ccccc2)cc1. The Bertz CT molecular complexity index is 934. The van der Waals surface area contributed by atoms with Crippen LogP contribution in [0.2, 0.25) is 5.02 Å². The fraction of sp³-hybridized carbons (Fsp3) is 0.0870. The van der Waals surface area contributed by atoms with Crippen molar-refractivity contribution in [2.75, 3.05) is 7.11 Å². The summed E-state index contributed by atoms with van der Waals surface area (Å²) in [4.78, 5) is 12.9. The van der Waals surface area contributed by atoms with E-state index in [4.69, 9.17) is 16.3 Å². The second-order valence-electron chi connectivity index (χ2n) is 5.97. The highest BCUT2D eigenvalue weighted by atomic mass is 35.5. The maximum Gasteiger partial charge on any atom is 0.252 e. The third kappa shape index (κ3) is 4.99. The lowest BCUT2D eigenvalue weighted by Gasteiger charge is -2.11. The van der Waals surface area contributed by atoms with Crippen molar-refractivity contribution < 1.29 is 9.53 Å². The van der Waals surface area contributed by atoms with E-state index < -0.39 is 0 Å². The van der Waals surface area contributed by atoms with E-state index in [-0.39, 0.29) is 5.91 Å². The Balaban J connectivity index is 1.86. The van der Waals surface area contributed by atoms with Gasteiger partial charge in [-0.3, -0.25) is 4.79 Å². The molecule has 0 aromatic heterocycles. The Morgan fingerprint density at radius 3 is 2.30 bits per heavy atom. The van der Waals surface area contributed by atoms with Crippen LogP contribution >= 0.6 is 11.6 Å². The van der Waals surface area contributed by atoms with E-state index in [0.717, 1.165) is 22.4 Å². The van der Waals surface area contributed by atoms with E-state index in [1.807, 2.05) is 84.9 Å². The highest BCUT2D eigenvalue weighted by Crippen LogP contribution is 2.21. The fourth-order valence-corrected chi connectivity index (χ4v) is 2.88. The van der Waals surface area contributed by atoms with Crippen molar-refractivity contribution in [1.29, 1.82) is 0 Å². The van der Waals surface area contributed by atoms with E-state index in [2.05, 4.69) is 5.32 Å². The van der Waals surface area contributed by atoms with Gasteiger partial charge in [-0.1, -0.05) is 72.3 Å². The quantitative estimate of drug-likeness (QED) is 0.473. The molecule has 0 fully saturated rings. The number of hydrogen-bond acceptors (Lipinski definition) is 2. The van der Waals surface area contributed by atoms with Gasteiger partial charge in [-0.2, -0.15) is 0 Å². The van der Waals surface area contributed by atoms with Crippen LogP contribution in [0.1, 0.15) is 16.7 Å². The molecule has 3 aromatic carbocycles. The molecule has 27 heavy (non-hydrogen) atoms. The minimum absolute atomic E-state index is 0.156. The number of carbonyl (C=O) groups excluding carboxylic acids is 1. The number of carbonyl (C=O) groups is 1. The van der Waals surface area contributed by atoms with Gasteiger partial charge in [0.05, 0.1) is 7.11 Å². The van der Waals surface area contributed by atoms with E-state index in [1.165, 1.54) is 0 Å². The first kappa shape index (κ1) is 18.7. The van der Waals surface area contributed by atoms with Crippen molar-refractivity contribution in [2.45, 2.75) is 6.54 Å². The molecule has 0 aliphatic heterocycles. The fourth-order valence-electron chi connectivity index (χ4n) is 2.68. The summed E-state index contributed by atoms with van der Waals surface area (Å²) in [6.45, 7) is 0.366. The van der Waals surface area contributed by atoms with Gasteiger partial charge in [0.15, 0.2) is 0 Å². The van der Waals surface area contributed by atoms with Gasteiger partial charge in [-0.25, -0.2) is 0 Å². The minimum Gasteiger partial charge on any atom is -0.497 e. The van der Waals surface area contributed by atoms with E-state index in [9.17, 15) is 4.79 Å². The third-order valence-electron chi connectivity index (χ3n) is 4.15. The number of benzene rings is 3. The highest BCUT2D eigenvalue weighted by molar-refractivity contribution is 6.31. The lowest BCUT2D eigenvalue weighted by molar-refractivity contribution is -0.115. The summed E-state index contributed by atoms with van der Waals surface area (Å²) in [5.74, 6) is 0.619. The minimum atomic E-state index is -0.156. The van der Waals surface area contributed by atoms with Gasteiger partial charge >= 0.3 is 0 Å². The molecule has 3 rings (SSSR count). The molecule has 0 spiro atoms. The lowest BCUT2D eigenvalue weighted by Crippen LogP contribution is -2.24. The second kappa shape index (κ2) is 9.06. The maximum absolute atomic E-state index is 12.9. The van der Waals surface area contributed by atoms with Crippen LogP contribution in [0, 0.1) is 0 Å². The van der Waals surface area contributed by atoms with Gasteiger partial charge in [0.25, 0.3) is 5.91 Å². The van der Waals surface area contributed by atoms with E-state index >= 15 is 0 Å². The zero-order valence-corrected chi connectivity index (χ0v) is 15.7. The molecule has 0 aliphatic rings. The summed E-state index contributed by atoms with van der Waals surface area (Å²) in [6, 6.07) is 24.7. The molecule has 136 valence electrons. The second-order valence-corrected chi connectivity index (χ2v) is 6.38. The summed E-state index contributed by atoms with van der Waals surface area (Å²) < 4.78 is 5.19. The first-order valence-corrected chi connectivity index (χ1v) is 8.98.